The molecular weight excluding hydrogens is 462 g/mol. The number of hydrogen-bond donors (Lipinski definition) is 2. The summed E-state index contributed by atoms with van der Waals surface area (Å²) in [5.74, 6) is 0.112. The average molecular weight is 487 g/mol. The number of likely N-dealkylation sites (tertiary alicyclic amines) is 1. The van der Waals surface area contributed by atoms with Crippen molar-refractivity contribution < 1.29 is 23.5 Å². The molecule has 1 unspecified atom stereocenters. The summed E-state index contributed by atoms with van der Waals surface area (Å²) in [6, 6.07) is -0.562. The molecule has 1 fully saturated rings. The molecule has 3 amide bonds. The number of aryl methyl sites for hydroxylation is 1. The first-order valence-corrected chi connectivity index (χ1v) is 10.9. The van der Waals surface area contributed by atoms with Crippen LogP contribution in [0.5, 0.6) is 0 Å². The van der Waals surface area contributed by atoms with Gasteiger partial charge < -0.3 is 15.0 Å². The van der Waals surface area contributed by atoms with Crippen LogP contribution in [0.2, 0.25) is 0 Å². The minimum absolute atomic E-state index is 0.206. The quantitative estimate of drug-likeness (QED) is 0.646. The third-order valence-corrected chi connectivity index (χ3v) is 6.13. The van der Waals surface area contributed by atoms with Crippen LogP contribution in [0.4, 0.5) is 10.6 Å². The second kappa shape index (κ2) is 8.31. The first kappa shape index (κ1) is 21.6. The van der Waals surface area contributed by atoms with Gasteiger partial charge in [0.15, 0.2) is 6.20 Å². The third kappa shape index (κ3) is 5.08. The number of hydrogen-bond acceptors (Lipinski definition) is 5. The highest BCUT2D eigenvalue weighted by atomic mass is 79.9. The van der Waals surface area contributed by atoms with E-state index >= 15 is 0 Å². The molecule has 1 aliphatic rings. The van der Waals surface area contributed by atoms with Gasteiger partial charge in [0, 0.05) is 6.54 Å². The van der Waals surface area contributed by atoms with Crippen LogP contribution >= 0.6 is 27.3 Å². The van der Waals surface area contributed by atoms with Crippen LogP contribution in [-0.2, 0) is 21.4 Å². The summed E-state index contributed by atoms with van der Waals surface area (Å²) < 4.78 is 9.94. The van der Waals surface area contributed by atoms with Gasteiger partial charge in [-0.25, -0.2) is 9.36 Å². The summed E-state index contributed by atoms with van der Waals surface area (Å²) >= 11 is 5.00. The fourth-order valence-electron chi connectivity index (χ4n) is 3.21. The van der Waals surface area contributed by atoms with Crippen molar-refractivity contribution in [2.24, 2.45) is 7.05 Å². The topological polar surface area (TPSA) is 96.8 Å². The molecule has 0 aliphatic carbocycles. The van der Waals surface area contributed by atoms with Crippen molar-refractivity contribution in [2.45, 2.75) is 45.3 Å². The lowest BCUT2D eigenvalue weighted by molar-refractivity contribution is -0.506. The van der Waals surface area contributed by atoms with Crippen molar-refractivity contribution >= 4 is 56.0 Å². The van der Waals surface area contributed by atoms with E-state index in [4.69, 9.17) is 4.74 Å². The molecule has 9 nitrogen and oxygen atoms in total. The van der Waals surface area contributed by atoms with Gasteiger partial charge in [0.25, 0.3) is 0 Å². The normalized spacial score (nSPS) is 16.9. The standard InChI is InChI=1S/C18H24BrN5O4S/c1-18(2,3)28-16(27)20-8-14(25)24-7-5-6-11(24)15(26)21-13-10-23-9-12(19)29-17(23)22(13)4/h9-11H,5-8H2,1-4H3,(H-,20,21,26,27)/p+1. The van der Waals surface area contributed by atoms with Crippen molar-refractivity contribution in [3.8, 4) is 0 Å². The Hall–Kier alpha value is -2.14. The van der Waals surface area contributed by atoms with Crippen molar-refractivity contribution in [1.29, 1.82) is 0 Å². The minimum atomic E-state index is -0.655. The smallest absolute Gasteiger partial charge is 0.408 e. The summed E-state index contributed by atoms with van der Waals surface area (Å²) in [4.78, 5) is 39.6. The number of alkyl carbamates (subject to hydrolysis) is 1. The predicted molar refractivity (Wildman–Crippen MR) is 112 cm³/mol. The van der Waals surface area contributed by atoms with Gasteiger partial charge in [-0.05, 0) is 60.9 Å². The Balaban J connectivity index is 1.61. The van der Waals surface area contributed by atoms with Crippen LogP contribution in [-0.4, -0.2) is 52.1 Å². The summed E-state index contributed by atoms with van der Waals surface area (Å²) in [6.07, 6.45) is 4.42. The lowest BCUT2D eigenvalue weighted by atomic mass is 10.2. The maximum absolute atomic E-state index is 12.8. The average Bonchev–Trinajstić information content (AvgIpc) is 3.29. The molecule has 2 aromatic rings. The molecule has 158 valence electrons. The first-order valence-electron chi connectivity index (χ1n) is 9.28. The van der Waals surface area contributed by atoms with E-state index in [9.17, 15) is 14.4 Å². The van der Waals surface area contributed by atoms with Gasteiger partial charge >= 0.3 is 11.1 Å². The van der Waals surface area contributed by atoms with Crippen LogP contribution in [0.1, 0.15) is 33.6 Å². The Morgan fingerprint density at radius 2 is 2.07 bits per heavy atom. The van der Waals surface area contributed by atoms with Gasteiger partial charge in [0.1, 0.15) is 28.2 Å². The van der Waals surface area contributed by atoms with E-state index < -0.39 is 17.7 Å². The molecule has 0 radical (unpaired) electrons. The molecule has 0 aromatic carbocycles. The molecular formula is C18H25BrN5O4S+. The SMILES string of the molecule is Cn1c(NC(=O)C2CCCN2C(=O)CNC(=O)OC(C)(C)C)c[n+]2cc(Br)sc12. The molecule has 11 heteroatoms. The van der Waals surface area contributed by atoms with Gasteiger partial charge in [-0.1, -0.05) is 0 Å². The number of anilines is 1. The van der Waals surface area contributed by atoms with E-state index in [2.05, 4.69) is 26.6 Å². The number of carbonyl (C=O) groups is 3. The number of halogens is 1. The summed E-state index contributed by atoms with van der Waals surface area (Å²) in [5, 5.41) is 5.38. The van der Waals surface area contributed by atoms with Crippen molar-refractivity contribution in [1.82, 2.24) is 14.8 Å². The number of fused-ring (bicyclic) bond motifs is 1. The van der Waals surface area contributed by atoms with E-state index in [-0.39, 0.29) is 18.4 Å². The fraction of sp³-hybridized carbons (Fsp3) is 0.556. The summed E-state index contributed by atoms with van der Waals surface area (Å²) in [6.45, 7) is 5.53. The molecule has 0 saturated carbocycles. The Morgan fingerprint density at radius 3 is 2.72 bits per heavy atom. The highest BCUT2D eigenvalue weighted by Crippen LogP contribution is 2.23. The number of amides is 3. The molecule has 0 bridgehead atoms. The lowest BCUT2D eigenvalue weighted by Gasteiger charge is -2.24. The largest absolute Gasteiger partial charge is 0.444 e. The monoisotopic (exact) mass is 486 g/mol. The highest BCUT2D eigenvalue weighted by Gasteiger charge is 2.35. The van der Waals surface area contributed by atoms with Crippen LogP contribution in [0, 0.1) is 0 Å². The Bertz CT molecular complexity index is 948. The highest BCUT2D eigenvalue weighted by molar-refractivity contribution is 9.11. The Kier molecular flexibility index (Phi) is 6.18. The Labute approximate surface area is 181 Å². The number of aromatic nitrogens is 2. The van der Waals surface area contributed by atoms with E-state index in [1.54, 1.807) is 32.1 Å². The number of thiazole rings is 1. The maximum Gasteiger partial charge on any atom is 0.408 e. The van der Waals surface area contributed by atoms with E-state index in [0.29, 0.717) is 18.8 Å². The molecule has 2 aromatic heterocycles. The molecule has 29 heavy (non-hydrogen) atoms. The van der Waals surface area contributed by atoms with Crippen molar-refractivity contribution in [2.75, 3.05) is 18.4 Å². The predicted octanol–water partition coefficient (Wildman–Crippen LogP) is 2.04. The molecule has 3 heterocycles. The summed E-state index contributed by atoms with van der Waals surface area (Å²) in [5.41, 5.74) is -0.639. The van der Waals surface area contributed by atoms with Crippen LogP contribution in [0.15, 0.2) is 16.2 Å². The lowest BCUT2D eigenvalue weighted by Crippen LogP contribution is -2.47. The summed E-state index contributed by atoms with van der Waals surface area (Å²) in [7, 11) is 1.87. The number of imidazole rings is 1. The van der Waals surface area contributed by atoms with Gasteiger partial charge in [-0.3, -0.25) is 14.9 Å². The van der Waals surface area contributed by atoms with E-state index in [1.165, 1.54) is 4.90 Å². The van der Waals surface area contributed by atoms with Gasteiger partial charge in [-0.15, -0.1) is 0 Å². The van der Waals surface area contributed by atoms with Crippen LogP contribution < -0.4 is 15.0 Å². The fourth-order valence-corrected chi connectivity index (χ4v) is 4.66. The first-order chi connectivity index (χ1) is 13.5. The zero-order valence-electron chi connectivity index (χ0n) is 16.8. The molecule has 1 aliphatic heterocycles. The van der Waals surface area contributed by atoms with Crippen molar-refractivity contribution in [3.05, 3.63) is 16.2 Å². The molecule has 0 spiro atoms. The number of ether oxygens (including phenoxy) is 1. The van der Waals surface area contributed by atoms with Crippen LogP contribution in [0.25, 0.3) is 4.96 Å². The zero-order chi connectivity index (χ0) is 21.3. The van der Waals surface area contributed by atoms with E-state index in [0.717, 1.165) is 15.2 Å². The third-order valence-electron chi connectivity index (χ3n) is 4.47. The van der Waals surface area contributed by atoms with Gasteiger partial charge in [0.05, 0.1) is 7.05 Å². The number of nitrogens with zero attached hydrogens (tertiary/aromatic N) is 3. The second-order valence-corrected chi connectivity index (χ2v) is 10.3. The maximum atomic E-state index is 12.8. The molecule has 3 rings (SSSR count). The Morgan fingerprint density at radius 1 is 1.34 bits per heavy atom. The molecule has 2 N–H and O–H groups in total. The number of nitrogens with one attached hydrogen (secondary N) is 2. The van der Waals surface area contributed by atoms with Crippen molar-refractivity contribution in [3.63, 3.8) is 0 Å². The molecule has 1 saturated heterocycles. The number of carbonyl (C=O) groups excluding carboxylic acids is 3. The second-order valence-electron chi connectivity index (χ2n) is 7.89. The minimum Gasteiger partial charge on any atom is -0.444 e. The zero-order valence-corrected chi connectivity index (χ0v) is 19.2. The van der Waals surface area contributed by atoms with Gasteiger partial charge in [-0.2, -0.15) is 4.40 Å². The van der Waals surface area contributed by atoms with Gasteiger partial charge in [0.2, 0.25) is 17.6 Å². The number of rotatable bonds is 4. The molecule has 1 atom stereocenters. The van der Waals surface area contributed by atoms with E-state index in [1.807, 2.05) is 28.4 Å². The van der Waals surface area contributed by atoms with Crippen LogP contribution in [0.3, 0.4) is 0 Å².